The van der Waals surface area contributed by atoms with E-state index >= 15 is 0 Å². The average Bonchev–Trinajstić information content (AvgIpc) is 2.23. The van der Waals surface area contributed by atoms with Gasteiger partial charge in [-0.3, -0.25) is 0 Å². The quantitative estimate of drug-likeness (QED) is 0.742. The summed E-state index contributed by atoms with van der Waals surface area (Å²) >= 11 is 0. The lowest BCUT2D eigenvalue weighted by Crippen LogP contribution is -1.90. The molecule has 0 unspecified atom stereocenters. The van der Waals surface area contributed by atoms with Gasteiger partial charge < -0.3 is 5.11 Å². The van der Waals surface area contributed by atoms with Crippen LogP contribution in [-0.4, -0.2) is 15.1 Å². The van der Waals surface area contributed by atoms with Gasteiger partial charge in [0, 0.05) is 5.56 Å². The Kier molecular flexibility index (Phi) is 2.14. The van der Waals surface area contributed by atoms with Crippen LogP contribution in [0.25, 0.3) is 11.3 Å². The largest absolute Gasteiger partial charge is 0.492 e. The van der Waals surface area contributed by atoms with E-state index in [4.69, 9.17) is 0 Å². The van der Waals surface area contributed by atoms with E-state index in [0.717, 1.165) is 11.3 Å². The van der Waals surface area contributed by atoms with Gasteiger partial charge in [0.15, 0.2) is 0 Å². The van der Waals surface area contributed by atoms with Gasteiger partial charge in [-0.2, -0.15) is 0 Å². The fourth-order valence-corrected chi connectivity index (χ4v) is 1.26. The van der Waals surface area contributed by atoms with Crippen LogP contribution >= 0.6 is 0 Å². The monoisotopic (exact) mass is 186 g/mol. The third-order valence-corrected chi connectivity index (χ3v) is 1.92. The van der Waals surface area contributed by atoms with E-state index in [-0.39, 0.29) is 5.88 Å². The van der Waals surface area contributed by atoms with Crippen LogP contribution < -0.4 is 0 Å². The van der Waals surface area contributed by atoms with Crippen molar-refractivity contribution in [3.05, 3.63) is 42.2 Å². The Morgan fingerprint density at radius 1 is 1.14 bits per heavy atom. The molecule has 0 amide bonds. The topological polar surface area (TPSA) is 46.0 Å². The van der Waals surface area contributed by atoms with Crippen LogP contribution in [0, 0.1) is 6.92 Å². The Hall–Kier alpha value is -1.90. The van der Waals surface area contributed by atoms with Gasteiger partial charge in [-0.25, -0.2) is 9.97 Å². The minimum atomic E-state index is -0.0261. The summed E-state index contributed by atoms with van der Waals surface area (Å²) in [5, 5.41) is 9.51. The fourth-order valence-electron chi connectivity index (χ4n) is 1.26. The number of rotatable bonds is 1. The Morgan fingerprint density at radius 2 is 1.86 bits per heavy atom. The van der Waals surface area contributed by atoms with Gasteiger partial charge in [0.2, 0.25) is 5.88 Å². The van der Waals surface area contributed by atoms with Crippen molar-refractivity contribution >= 4 is 0 Å². The van der Waals surface area contributed by atoms with Crippen LogP contribution in [0.3, 0.4) is 0 Å². The van der Waals surface area contributed by atoms with Gasteiger partial charge in [-0.15, -0.1) is 0 Å². The lowest BCUT2D eigenvalue weighted by Gasteiger charge is -2.02. The third-order valence-electron chi connectivity index (χ3n) is 1.92. The maximum absolute atomic E-state index is 9.51. The number of nitrogens with zero attached hydrogens (tertiary/aromatic N) is 2. The van der Waals surface area contributed by atoms with E-state index in [0.29, 0.717) is 5.69 Å². The highest BCUT2D eigenvalue weighted by Gasteiger charge is 2.06. The first-order valence-corrected chi connectivity index (χ1v) is 4.35. The summed E-state index contributed by atoms with van der Waals surface area (Å²) in [5.41, 5.74) is 2.20. The van der Waals surface area contributed by atoms with Crippen molar-refractivity contribution in [1.29, 1.82) is 0 Å². The molecule has 0 aliphatic rings. The summed E-state index contributed by atoms with van der Waals surface area (Å²) in [6.45, 7) is 1.85. The second-order valence-corrected chi connectivity index (χ2v) is 3.05. The molecule has 3 heteroatoms. The Labute approximate surface area is 82.1 Å². The molecule has 1 aromatic carbocycles. The highest BCUT2D eigenvalue weighted by atomic mass is 16.3. The minimum absolute atomic E-state index is 0.0261. The zero-order chi connectivity index (χ0) is 9.97. The molecule has 0 aliphatic heterocycles. The lowest BCUT2D eigenvalue weighted by molar-refractivity contribution is 0.452. The Morgan fingerprint density at radius 3 is 2.57 bits per heavy atom. The van der Waals surface area contributed by atoms with Crippen molar-refractivity contribution < 1.29 is 5.11 Å². The second-order valence-electron chi connectivity index (χ2n) is 3.05. The van der Waals surface area contributed by atoms with E-state index in [1.807, 2.05) is 37.3 Å². The summed E-state index contributed by atoms with van der Waals surface area (Å²) in [5.74, 6) is -0.0261. The maximum Gasteiger partial charge on any atom is 0.238 e. The van der Waals surface area contributed by atoms with Gasteiger partial charge in [-0.1, -0.05) is 30.3 Å². The molecule has 0 bridgehead atoms. The standard InChI is InChI=1S/C11H10N2O/c1-8-7-12-11(14)10(13-8)9-5-3-2-4-6-9/h2-7H,1H3,(H,12,14). The molecule has 3 nitrogen and oxygen atoms in total. The first kappa shape index (κ1) is 8.69. The van der Waals surface area contributed by atoms with Crippen molar-refractivity contribution in [2.24, 2.45) is 0 Å². The summed E-state index contributed by atoms with van der Waals surface area (Å²) in [6, 6.07) is 9.51. The fraction of sp³-hybridized carbons (Fsp3) is 0.0909. The molecule has 0 fully saturated rings. The van der Waals surface area contributed by atoms with Crippen LogP contribution in [0.2, 0.25) is 0 Å². The van der Waals surface area contributed by atoms with Gasteiger partial charge in [0.05, 0.1) is 11.9 Å². The van der Waals surface area contributed by atoms with Crippen LogP contribution in [0.15, 0.2) is 36.5 Å². The molecule has 0 saturated heterocycles. The molecule has 1 aromatic heterocycles. The summed E-state index contributed by atoms with van der Waals surface area (Å²) in [6.07, 6.45) is 1.54. The van der Waals surface area contributed by atoms with Crippen molar-refractivity contribution in [3.8, 4) is 17.1 Å². The molecule has 70 valence electrons. The van der Waals surface area contributed by atoms with Crippen molar-refractivity contribution in [1.82, 2.24) is 9.97 Å². The highest BCUT2D eigenvalue weighted by molar-refractivity contribution is 5.63. The van der Waals surface area contributed by atoms with Crippen LogP contribution in [0.5, 0.6) is 5.88 Å². The van der Waals surface area contributed by atoms with Gasteiger partial charge in [-0.05, 0) is 6.92 Å². The zero-order valence-corrected chi connectivity index (χ0v) is 7.81. The molecular formula is C11H10N2O. The normalized spacial score (nSPS) is 10.1. The summed E-state index contributed by atoms with van der Waals surface area (Å²) < 4.78 is 0. The first-order chi connectivity index (χ1) is 6.77. The Balaban J connectivity index is 2.57. The number of aromatic nitrogens is 2. The number of benzene rings is 1. The first-order valence-electron chi connectivity index (χ1n) is 4.35. The Bertz CT molecular complexity index is 440. The average molecular weight is 186 g/mol. The number of aromatic hydroxyl groups is 1. The van der Waals surface area contributed by atoms with E-state index in [9.17, 15) is 5.11 Å². The van der Waals surface area contributed by atoms with Crippen LogP contribution in [-0.2, 0) is 0 Å². The van der Waals surface area contributed by atoms with Crippen LogP contribution in [0.1, 0.15) is 5.69 Å². The number of aryl methyl sites for hydroxylation is 1. The molecule has 0 spiro atoms. The third kappa shape index (κ3) is 1.57. The molecule has 1 heterocycles. The van der Waals surface area contributed by atoms with Crippen molar-refractivity contribution in [2.45, 2.75) is 6.92 Å². The smallest absolute Gasteiger partial charge is 0.238 e. The predicted molar refractivity (Wildman–Crippen MR) is 53.9 cm³/mol. The molecule has 1 N–H and O–H groups in total. The number of hydrogen-bond donors (Lipinski definition) is 1. The molecule has 0 saturated carbocycles. The second kappa shape index (κ2) is 3.46. The predicted octanol–water partition coefficient (Wildman–Crippen LogP) is 2.16. The van der Waals surface area contributed by atoms with E-state index in [1.165, 1.54) is 0 Å². The lowest BCUT2D eigenvalue weighted by atomic mass is 10.1. The minimum Gasteiger partial charge on any atom is -0.492 e. The molecule has 0 aliphatic carbocycles. The molecule has 14 heavy (non-hydrogen) atoms. The van der Waals surface area contributed by atoms with E-state index in [2.05, 4.69) is 9.97 Å². The SMILES string of the molecule is Cc1cnc(O)c(-c2ccccc2)n1. The van der Waals surface area contributed by atoms with Gasteiger partial charge in [0.25, 0.3) is 0 Å². The maximum atomic E-state index is 9.51. The summed E-state index contributed by atoms with van der Waals surface area (Å²) in [4.78, 5) is 8.08. The molecule has 0 radical (unpaired) electrons. The van der Waals surface area contributed by atoms with Gasteiger partial charge >= 0.3 is 0 Å². The number of hydrogen-bond acceptors (Lipinski definition) is 3. The summed E-state index contributed by atoms with van der Waals surface area (Å²) in [7, 11) is 0. The van der Waals surface area contributed by atoms with Crippen molar-refractivity contribution in [2.75, 3.05) is 0 Å². The van der Waals surface area contributed by atoms with E-state index in [1.54, 1.807) is 6.20 Å². The van der Waals surface area contributed by atoms with E-state index < -0.39 is 0 Å². The van der Waals surface area contributed by atoms with Crippen molar-refractivity contribution in [3.63, 3.8) is 0 Å². The molecule has 2 rings (SSSR count). The molecule has 0 atom stereocenters. The van der Waals surface area contributed by atoms with Crippen LogP contribution in [0.4, 0.5) is 0 Å². The molecule has 2 aromatic rings. The highest BCUT2D eigenvalue weighted by Crippen LogP contribution is 2.24. The molecular weight excluding hydrogens is 176 g/mol. The van der Waals surface area contributed by atoms with Gasteiger partial charge in [0.1, 0.15) is 5.69 Å². The zero-order valence-electron chi connectivity index (χ0n) is 7.81.